The maximum Gasteiger partial charge on any atom is 0.537 e. The summed E-state index contributed by atoms with van der Waals surface area (Å²) in [6.07, 6.45) is 3.57. The van der Waals surface area contributed by atoms with Gasteiger partial charge in [-0.15, -0.1) is 0 Å². The molecule has 0 radical (unpaired) electrons. The summed E-state index contributed by atoms with van der Waals surface area (Å²) in [5, 5.41) is 11.4. The second kappa shape index (κ2) is 9.66. The van der Waals surface area contributed by atoms with Crippen LogP contribution in [0.2, 0.25) is 5.02 Å². The van der Waals surface area contributed by atoms with E-state index in [2.05, 4.69) is 4.90 Å². The number of halogens is 1. The van der Waals surface area contributed by atoms with Crippen molar-refractivity contribution in [2.24, 2.45) is 11.7 Å². The molecule has 1 atom stereocenters. The van der Waals surface area contributed by atoms with Crippen LogP contribution in [0.25, 0.3) is 0 Å². The van der Waals surface area contributed by atoms with Gasteiger partial charge in [0.1, 0.15) is 5.75 Å². The van der Waals surface area contributed by atoms with Gasteiger partial charge in [-0.3, -0.25) is 4.90 Å². The van der Waals surface area contributed by atoms with Crippen LogP contribution in [-0.4, -0.2) is 65.5 Å². The van der Waals surface area contributed by atoms with Crippen molar-refractivity contribution >= 4 is 35.5 Å². The Kier molecular flexibility index (Phi) is 6.81. The van der Waals surface area contributed by atoms with E-state index in [1.165, 1.54) is 12.1 Å². The Morgan fingerprint density at radius 2 is 1.57 bits per heavy atom. The fourth-order valence-corrected chi connectivity index (χ4v) is 3.95. The van der Waals surface area contributed by atoms with Crippen LogP contribution in [0.3, 0.4) is 0 Å². The molecule has 0 aromatic heterocycles. The SMILES string of the molecule is NC[C@H]1CCN(Cc2cc(Cl)ccc2OC2(C3(O)OC(=O)C=CC(=O)O3)OC(=O)C=CC(=O)O2)C1. The highest BCUT2D eigenvalue weighted by Crippen LogP contribution is 2.39. The molecule has 3 N–H and O–H groups in total. The lowest BCUT2D eigenvalue weighted by molar-refractivity contribution is -0.490. The highest BCUT2D eigenvalue weighted by molar-refractivity contribution is 6.30. The van der Waals surface area contributed by atoms with E-state index in [1.54, 1.807) is 6.07 Å². The molecule has 0 saturated carbocycles. The number of aliphatic hydroxyl groups is 1. The Hall–Kier alpha value is -3.45. The highest BCUT2D eigenvalue weighted by atomic mass is 35.5. The predicted molar refractivity (Wildman–Crippen MR) is 115 cm³/mol. The van der Waals surface area contributed by atoms with Crippen LogP contribution < -0.4 is 10.5 Å². The lowest BCUT2D eigenvalue weighted by Crippen LogP contribution is -2.66. The maximum absolute atomic E-state index is 12.3. The van der Waals surface area contributed by atoms with E-state index in [0.717, 1.165) is 13.0 Å². The van der Waals surface area contributed by atoms with Gasteiger partial charge in [0, 0.05) is 48.0 Å². The topological polar surface area (TPSA) is 164 Å². The van der Waals surface area contributed by atoms with Gasteiger partial charge in [-0.25, -0.2) is 19.2 Å². The summed E-state index contributed by atoms with van der Waals surface area (Å²) in [6, 6.07) is 4.34. The zero-order valence-electron chi connectivity index (χ0n) is 18.2. The van der Waals surface area contributed by atoms with Crippen molar-refractivity contribution in [3.63, 3.8) is 0 Å². The summed E-state index contributed by atoms with van der Waals surface area (Å²) in [7, 11) is 0. The van der Waals surface area contributed by atoms with Gasteiger partial charge in [-0.05, 0) is 43.6 Å². The van der Waals surface area contributed by atoms with Crippen molar-refractivity contribution in [2.45, 2.75) is 24.9 Å². The zero-order chi connectivity index (χ0) is 25.2. The fraction of sp³-hybridized carbons (Fsp3) is 0.364. The van der Waals surface area contributed by atoms with E-state index >= 15 is 0 Å². The number of cyclic esters (lactones) is 4. The highest BCUT2D eigenvalue weighted by Gasteiger charge is 2.70. The summed E-state index contributed by atoms with van der Waals surface area (Å²) in [4.78, 5) is 50.7. The zero-order valence-corrected chi connectivity index (χ0v) is 18.9. The van der Waals surface area contributed by atoms with Crippen LogP contribution in [0.1, 0.15) is 12.0 Å². The molecule has 3 heterocycles. The van der Waals surface area contributed by atoms with Crippen molar-refractivity contribution in [1.29, 1.82) is 0 Å². The molecule has 186 valence electrons. The minimum Gasteiger partial charge on any atom is -0.412 e. The molecule has 0 unspecified atom stereocenters. The summed E-state index contributed by atoms with van der Waals surface area (Å²) in [5.41, 5.74) is 6.20. The van der Waals surface area contributed by atoms with E-state index in [-0.39, 0.29) is 5.75 Å². The minimum atomic E-state index is -3.52. The first-order valence-corrected chi connectivity index (χ1v) is 10.9. The molecule has 3 aliphatic rings. The Balaban J connectivity index is 1.75. The number of rotatable bonds is 6. The first kappa shape index (κ1) is 24.7. The summed E-state index contributed by atoms with van der Waals surface area (Å²) >= 11 is 6.17. The summed E-state index contributed by atoms with van der Waals surface area (Å²) in [5.74, 6) is -11.6. The average Bonchev–Trinajstić information content (AvgIpc) is 3.12. The first-order chi connectivity index (χ1) is 16.6. The van der Waals surface area contributed by atoms with Crippen molar-refractivity contribution in [3.8, 4) is 5.75 Å². The van der Waals surface area contributed by atoms with Crippen LogP contribution in [0, 0.1) is 5.92 Å². The van der Waals surface area contributed by atoms with E-state index in [9.17, 15) is 24.3 Å². The molecule has 3 aliphatic heterocycles. The molecule has 1 fully saturated rings. The number of likely N-dealkylation sites (tertiary alicyclic amines) is 1. The summed E-state index contributed by atoms with van der Waals surface area (Å²) in [6.45, 7) is 2.25. The number of hydrogen-bond donors (Lipinski definition) is 2. The molecule has 35 heavy (non-hydrogen) atoms. The minimum absolute atomic E-state index is 0.0779. The third kappa shape index (κ3) is 5.30. The second-order valence-corrected chi connectivity index (χ2v) is 8.41. The number of carbonyl (C=O) groups excluding carboxylic acids is 4. The quantitative estimate of drug-likeness (QED) is 0.499. The molecule has 1 saturated heterocycles. The van der Waals surface area contributed by atoms with Gasteiger partial charge in [0.05, 0.1) is 0 Å². The van der Waals surface area contributed by atoms with Gasteiger partial charge in [-0.1, -0.05) is 11.6 Å². The monoisotopic (exact) mass is 508 g/mol. The van der Waals surface area contributed by atoms with Crippen molar-refractivity contribution < 1.29 is 48.0 Å². The fourth-order valence-electron chi connectivity index (χ4n) is 3.75. The number of carbonyl (C=O) groups is 4. The molecule has 1 aromatic rings. The number of nitrogens with zero attached hydrogens (tertiary/aromatic N) is 1. The Morgan fingerprint density at radius 1 is 1.00 bits per heavy atom. The third-order valence-corrected chi connectivity index (χ3v) is 5.64. The molecule has 12 nitrogen and oxygen atoms in total. The second-order valence-electron chi connectivity index (χ2n) is 7.97. The number of esters is 4. The Bertz CT molecular complexity index is 1080. The molecular formula is C22H21ClN2O10. The van der Waals surface area contributed by atoms with Gasteiger partial charge in [0.15, 0.2) is 0 Å². The number of hydrogen-bond acceptors (Lipinski definition) is 12. The molecule has 0 amide bonds. The number of benzene rings is 1. The van der Waals surface area contributed by atoms with E-state index in [0.29, 0.717) is 60.4 Å². The van der Waals surface area contributed by atoms with Crippen LogP contribution in [-0.2, 0) is 44.7 Å². The molecule has 13 heteroatoms. The lowest BCUT2D eigenvalue weighted by atomic mass is 10.1. The van der Waals surface area contributed by atoms with Crippen molar-refractivity contribution in [2.75, 3.05) is 19.6 Å². The van der Waals surface area contributed by atoms with Crippen LogP contribution in [0.5, 0.6) is 5.75 Å². The van der Waals surface area contributed by atoms with Gasteiger partial charge in [-0.2, -0.15) is 0 Å². The van der Waals surface area contributed by atoms with Crippen molar-refractivity contribution in [1.82, 2.24) is 4.90 Å². The Labute approximate surface area is 203 Å². The smallest absolute Gasteiger partial charge is 0.412 e. The van der Waals surface area contributed by atoms with Gasteiger partial charge < -0.3 is 34.5 Å². The lowest BCUT2D eigenvalue weighted by Gasteiger charge is -2.38. The van der Waals surface area contributed by atoms with Gasteiger partial charge >= 0.3 is 35.8 Å². The molecule has 0 spiro atoms. The third-order valence-electron chi connectivity index (χ3n) is 5.41. The van der Waals surface area contributed by atoms with E-state index < -0.39 is 35.8 Å². The molecule has 0 aliphatic carbocycles. The first-order valence-electron chi connectivity index (χ1n) is 10.5. The Morgan fingerprint density at radius 3 is 2.11 bits per heavy atom. The van der Waals surface area contributed by atoms with Crippen molar-refractivity contribution in [3.05, 3.63) is 53.1 Å². The molecule has 1 aromatic carbocycles. The predicted octanol–water partition coefficient (Wildman–Crippen LogP) is 0.112. The molecule has 4 rings (SSSR count). The summed E-state index contributed by atoms with van der Waals surface area (Å²) < 4.78 is 25.5. The molecular weight excluding hydrogens is 488 g/mol. The average molecular weight is 509 g/mol. The van der Waals surface area contributed by atoms with E-state index in [1.807, 2.05) is 0 Å². The number of ether oxygens (including phenoxy) is 5. The van der Waals surface area contributed by atoms with Crippen LogP contribution in [0.4, 0.5) is 0 Å². The maximum atomic E-state index is 12.3. The standard InChI is InChI=1S/C22H21ClN2O10/c23-15-1-2-16(14(9-15)12-25-8-7-13(10-24)11-25)31-22(34-19(28)5-6-20(29)35-22)21(30)32-17(26)3-4-18(27)33-21/h1-6,9,13,30H,7-8,10-12,24H2/t13-/m1/s1. The largest absolute Gasteiger partial charge is 0.537 e. The van der Waals surface area contributed by atoms with Crippen LogP contribution >= 0.6 is 11.6 Å². The van der Waals surface area contributed by atoms with E-state index in [4.69, 9.17) is 41.0 Å². The normalized spacial score (nSPS) is 23.6. The van der Waals surface area contributed by atoms with Gasteiger partial charge in [0.2, 0.25) is 0 Å². The molecule has 0 bridgehead atoms. The van der Waals surface area contributed by atoms with Gasteiger partial charge in [0.25, 0.3) is 0 Å². The van der Waals surface area contributed by atoms with Crippen LogP contribution in [0.15, 0.2) is 42.5 Å². The number of nitrogens with two attached hydrogens (primary N) is 1.